The number of carbonyl (C=O) groups excluding carboxylic acids is 3. The Morgan fingerprint density at radius 3 is 2.23 bits per heavy atom. The Morgan fingerprint density at radius 1 is 0.974 bits per heavy atom. The molecule has 0 aromatic carbocycles. The third-order valence-electron chi connectivity index (χ3n) is 6.91. The summed E-state index contributed by atoms with van der Waals surface area (Å²) in [6.45, 7) is 0.262. The van der Waals surface area contributed by atoms with Crippen LogP contribution in [0, 0.1) is 5.92 Å². The van der Waals surface area contributed by atoms with Crippen molar-refractivity contribution >= 4 is 23.9 Å². The smallest absolute Gasteiger partial charge is 0.467 e. The molecule has 2 rings (SSSR count). The van der Waals surface area contributed by atoms with Gasteiger partial charge in [0.25, 0.3) is 0 Å². The maximum atomic E-state index is 13.2. The zero-order chi connectivity index (χ0) is 28.8. The van der Waals surface area contributed by atoms with Crippen molar-refractivity contribution in [3.63, 3.8) is 0 Å². The number of urea groups is 1. The maximum Gasteiger partial charge on any atom is 0.522 e. The zero-order valence-corrected chi connectivity index (χ0v) is 22.3. The zero-order valence-electron chi connectivity index (χ0n) is 22.3. The number of esters is 1. The van der Waals surface area contributed by atoms with Gasteiger partial charge >= 0.3 is 18.4 Å². The molecule has 39 heavy (non-hydrogen) atoms. The van der Waals surface area contributed by atoms with Crippen LogP contribution in [0.25, 0.3) is 0 Å². The van der Waals surface area contributed by atoms with Crippen molar-refractivity contribution in [2.24, 2.45) is 32.6 Å². The van der Waals surface area contributed by atoms with Gasteiger partial charge in [0.15, 0.2) is 5.96 Å². The average molecular weight is 564 g/mol. The molecular weight excluding hydrogens is 523 g/mol. The molecule has 2 aliphatic carbocycles. The lowest BCUT2D eigenvalue weighted by Gasteiger charge is -2.27. The van der Waals surface area contributed by atoms with Crippen molar-refractivity contribution in [3.05, 3.63) is 0 Å². The van der Waals surface area contributed by atoms with E-state index in [-0.39, 0.29) is 37.7 Å². The Balaban J connectivity index is 1.98. The van der Waals surface area contributed by atoms with E-state index in [4.69, 9.17) is 16.2 Å². The van der Waals surface area contributed by atoms with Crippen LogP contribution in [0.5, 0.6) is 0 Å². The number of amides is 3. The lowest BCUT2D eigenvalue weighted by Crippen LogP contribution is -2.52. The van der Waals surface area contributed by atoms with Crippen LogP contribution in [0.2, 0.25) is 0 Å². The molecule has 3 amide bonds. The van der Waals surface area contributed by atoms with Crippen LogP contribution in [0.4, 0.5) is 18.0 Å². The Bertz CT molecular complexity index is 854. The number of alkyl halides is 3. The van der Waals surface area contributed by atoms with Gasteiger partial charge in [-0.3, -0.25) is 14.5 Å². The van der Waals surface area contributed by atoms with Crippen LogP contribution in [0.1, 0.15) is 77.0 Å². The summed E-state index contributed by atoms with van der Waals surface area (Å²) >= 11 is 0. The van der Waals surface area contributed by atoms with Gasteiger partial charge in [-0.25, -0.2) is 9.59 Å². The van der Waals surface area contributed by atoms with Gasteiger partial charge in [0, 0.05) is 6.54 Å². The monoisotopic (exact) mass is 563 g/mol. The van der Waals surface area contributed by atoms with E-state index in [2.05, 4.69) is 30.6 Å². The minimum atomic E-state index is -4.69. The quantitative estimate of drug-likeness (QED) is 0.0924. The van der Waals surface area contributed by atoms with E-state index in [0.29, 0.717) is 25.7 Å². The number of azo groups is 1. The summed E-state index contributed by atoms with van der Waals surface area (Å²) in [5.74, 6) is -1.05. The molecule has 0 aliphatic heterocycles. The van der Waals surface area contributed by atoms with Gasteiger partial charge in [-0.05, 0) is 50.9 Å². The lowest BCUT2D eigenvalue weighted by atomic mass is 9.84. The summed E-state index contributed by atoms with van der Waals surface area (Å²) in [4.78, 5) is 41.9. The molecule has 2 atom stereocenters. The highest BCUT2D eigenvalue weighted by Crippen LogP contribution is 2.30. The third kappa shape index (κ3) is 13.1. The summed E-state index contributed by atoms with van der Waals surface area (Å²) in [7, 11) is 1.21. The second kappa shape index (κ2) is 16.2. The van der Waals surface area contributed by atoms with Crippen LogP contribution in [-0.4, -0.2) is 68.1 Å². The topological polar surface area (TPSA) is 183 Å². The van der Waals surface area contributed by atoms with E-state index in [1.54, 1.807) is 0 Å². The third-order valence-corrected chi connectivity index (χ3v) is 6.91. The van der Waals surface area contributed by atoms with E-state index < -0.39 is 48.5 Å². The SMILES string of the molecule is COC(=O)C(CCCN=C(N)N)NC(=O)C(CC1CCCCC1)NC(=O)N=NC1CCC(OC(F)(F)F)CC1. The second-order valence-corrected chi connectivity index (χ2v) is 9.98. The molecule has 0 heterocycles. The normalized spacial score (nSPS) is 22.1. The Morgan fingerprint density at radius 2 is 1.64 bits per heavy atom. The van der Waals surface area contributed by atoms with Crippen molar-refractivity contribution in [1.29, 1.82) is 0 Å². The Hall–Kier alpha value is -2.97. The van der Waals surface area contributed by atoms with Gasteiger partial charge in [-0.15, -0.1) is 13.2 Å². The largest absolute Gasteiger partial charge is 0.522 e. The first kappa shape index (κ1) is 32.2. The summed E-state index contributed by atoms with van der Waals surface area (Å²) in [6, 6.07) is -3.16. The number of nitrogens with one attached hydrogen (secondary N) is 2. The molecule has 6 N–H and O–H groups in total. The number of methoxy groups -OCH3 is 1. The molecule has 12 nitrogen and oxygen atoms in total. The fourth-order valence-electron chi connectivity index (χ4n) is 4.93. The van der Waals surface area contributed by atoms with E-state index in [1.165, 1.54) is 7.11 Å². The highest BCUT2D eigenvalue weighted by molar-refractivity contribution is 5.90. The maximum absolute atomic E-state index is 13.2. The summed E-state index contributed by atoms with van der Waals surface area (Å²) in [5.41, 5.74) is 10.6. The molecule has 0 aromatic heterocycles. The highest BCUT2D eigenvalue weighted by Gasteiger charge is 2.35. The standard InChI is InChI=1S/C24H40F3N7O5/c1-38-21(36)18(8-5-13-30-22(28)29)31-20(35)19(14-15-6-3-2-4-7-15)32-23(37)34-33-16-9-11-17(12-10-16)39-24(25,26)27/h15-19H,2-14H2,1H3,(H,31,35)(H,32,37)(H4,28,29,30). The van der Waals surface area contributed by atoms with E-state index in [9.17, 15) is 27.6 Å². The van der Waals surface area contributed by atoms with Crippen LogP contribution in [0.15, 0.2) is 15.2 Å². The van der Waals surface area contributed by atoms with Crippen molar-refractivity contribution in [2.75, 3.05) is 13.7 Å². The fourth-order valence-corrected chi connectivity index (χ4v) is 4.93. The predicted octanol–water partition coefficient (Wildman–Crippen LogP) is 3.05. The van der Waals surface area contributed by atoms with Gasteiger partial charge in [-0.2, -0.15) is 5.11 Å². The minimum absolute atomic E-state index is 0.0826. The number of nitrogens with zero attached hydrogens (tertiary/aromatic N) is 3. The molecule has 2 fully saturated rings. The van der Waals surface area contributed by atoms with Crippen LogP contribution >= 0.6 is 0 Å². The predicted molar refractivity (Wildman–Crippen MR) is 135 cm³/mol. The molecule has 222 valence electrons. The van der Waals surface area contributed by atoms with Gasteiger partial charge in [0.05, 0.1) is 19.3 Å². The molecule has 2 aliphatic rings. The molecule has 0 saturated heterocycles. The number of ether oxygens (including phenoxy) is 2. The average Bonchev–Trinajstić information content (AvgIpc) is 2.88. The van der Waals surface area contributed by atoms with Crippen LogP contribution in [0.3, 0.4) is 0 Å². The van der Waals surface area contributed by atoms with Crippen molar-refractivity contribution in [2.45, 2.75) is 108 Å². The highest BCUT2D eigenvalue weighted by atomic mass is 19.4. The van der Waals surface area contributed by atoms with E-state index >= 15 is 0 Å². The minimum Gasteiger partial charge on any atom is -0.467 e. The molecular formula is C24H40F3N7O5. The Kier molecular flexibility index (Phi) is 13.4. The van der Waals surface area contributed by atoms with Crippen LogP contribution in [-0.2, 0) is 19.1 Å². The van der Waals surface area contributed by atoms with Gasteiger partial charge in [-0.1, -0.05) is 37.2 Å². The molecule has 2 saturated carbocycles. The number of hydrogen-bond acceptors (Lipinski definition) is 7. The molecule has 0 spiro atoms. The molecule has 2 unspecified atom stereocenters. The number of guanidine groups is 1. The van der Waals surface area contributed by atoms with Gasteiger partial charge in [0.2, 0.25) is 5.91 Å². The number of hydrogen-bond donors (Lipinski definition) is 4. The van der Waals surface area contributed by atoms with E-state index in [1.807, 2.05) is 0 Å². The summed E-state index contributed by atoms with van der Waals surface area (Å²) in [5, 5.41) is 12.9. The first-order chi connectivity index (χ1) is 18.5. The van der Waals surface area contributed by atoms with Gasteiger partial charge < -0.3 is 26.8 Å². The van der Waals surface area contributed by atoms with E-state index in [0.717, 1.165) is 32.1 Å². The summed E-state index contributed by atoms with van der Waals surface area (Å²) in [6.07, 6.45) is 1.28. The van der Waals surface area contributed by atoms with Crippen molar-refractivity contribution in [3.8, 4) is 0 Å². The first-order valence-electron chi connectivity index (χ1n) is 13.4. The second-order valence-electron chi connectivity index (χ2n) is 9.98. The number of aliphatic imine (C=N–C) groups is 1. The number of nitrogens with two attached hydrogens (primary N) is 2. The van der Waals surface area contributed by atoms with Crippen molar-refractivity contribution < 1.29 is 37.0 Å². The lowest BCUT2D eigenvalue weighted by molar-refractivity contribution is -0.345. The fraction of sp³-hybridized carbons (Fsp3) is 0.833. The molecule has 0 aromatic rings. The number of halogens is 3. The Labute approximate surface area is 225 Å². The van der Waals surface area contributed by atoms with Gasteiger partial charge in [0.1, 0.15) is 12.1 Å². The first-order valence-corrected chi connectivity index (χ1v) is 13.4. The number of carbonyl (C=O) groups is 3. The van der Waals surface area contributed by atoms with Crippen molar-refractivity contribution in [1.82, 2.24) is 10.6 Å². The molecule has 15 heteroatoms. The number of rotatable bonds is 12. The molecule has 0 radical (unpaired) electrons. The molecule has 0 bridgehead atoms. The summed E-state index contributed by atoms with van der Waals surface area (Å²) < 4.78 is 46.1. The van der Waals surface area contributed by atoms with Crippen LogP contribution < -0.4 is 22.1 Å².